The van der Waals surface area contributed by atoms with Crippen molar-refractivity contribution in [2.24, 2.45) is 11.8 Å². The average molecular weight is 343 g/mol. The van der Waals surface area contributed by atoms with Gasteiger partial charge in [0.25, 0.3) is 0 Å². The van der Waals surface area contributed by atoms with E-state index < -0.39 is 35.8 Å². The molecule has 0 aromatic heterocycles. The minimum Gasteiger partial charge on any atom is -0.481 e. The normalized spacial score (nSPS) is 22.7. The largest absolute Gasteiger partial charge is 0.481 e. The van der Waals surface area contributed by atoms with Gasteiger partial charge in [0.1, 0.15) is 0 Å². The van der Waals surface area contributed by atoms with Crippen LogP contribution in [0.25, 0.3) is 0 Å². The average Bonchev–Trinajstić information content (AvgIpc) is 2.54. The maximum Gasteiger partial charge on any atom is 0.392 e. The lowest BCUT2D eigenvalue weighted by Gasteiger charge is -2.32. The zero-order chi connectivity index (χ0) is 17.9. The molecular weight excluding hydrogens is 323 g/mol. The van der Waals surface area contributed by atoms with Crippen molar-refractivity contribution in [3.05, 3.63) is 29.8 Å². The zero-order valence-electron chi connectivity index (χ0n) is 13.3. The van der Waals surface area contributed by atoms with E-state index in [1.165, 1.54) is 19.1 Å². The molecule has 0 radical (unpaired) electrons. The summed E-state index contributed by atoms with van der Waals surface area (Å²) in [5.41, 5.74) is 0.930. The van der Waals surface area contributed by atoms with Crippen LogP contribution in [0.2, 0.25) is 0 Å². The molecule has 0 spiro atoms. The molecule has 1 aliphatic carbocycles. The fourth-order valence-corrected chi connectivity index (χ4v) is 3.07. The van der Waals surface area contributed by atoms with Gasteiger partial charge in [0.05, 0.1) is 11.8 Å². The summed E-state index contributed by atoms with van der Waals surface area (Å²) in [6, 6.07) is 6.13. The number of aliphatic carboxylic acids is 1. The summed E-state index contributed by atoms with van der Waals surface area (Å²) in [5, 5.41) is 11.5. The lowest BCUT2D eigenvalue weighted by atomic mass is 9.78. The lowest BCUT2D eigenvalue weighted by molar-refractivity contribution is -0.197. The van der Waals surface area contributed by atoms with E-state index in [1.807, 2.05) is 0 Å². The summed E-state index contributed by atoms with van der Waals surface area (Å²) in [6.07, 6.45) is -3.07. The summed E-state index contributed by atoms with van der Waals surface area (Å²) in [7, 11) is 0. The van der Waals surface area contributed by atoms with Crippen LogP contribution in [-0.4, -0.2) is 23.2 Å². The predicted molar refractivity (Wildman–Crippen MR) is 82.6 cm³/mol. The van der Waals surface area contributed by atoms with Crippen molar-refractivity contribution in [1.29, 1.82) is 0 Å². The van der Waals surface area contributed by atoms with E-state index in [2.05, 4.69) is 5.32 Å². The molecule has 24 heavy (non-hydrogen) atoms. The summed E-state index contributed by atoms with van der Waals surface area (Å²) in [6.45, 7) is 1.53. The van der Waals surface area contributed by atoms with E-state index in [0.29, 0.717) is 24.1 Å². The summed E-state index contributed by atoms with van der Waals surface area (Å²) < 4.78 is 39.2. The van der Waals surface area contributed by atoms with Crippen LogP contribution >= 0.6 is 0 Å². The van der Waals surface area contributed by atoms with E-state index in [4.69, 9.17) is 5.11 Å². The highest BCUT2D eigenvalue weighted by atomic mass is 19.4. The highest BCUT2D eigenvalue weighted by molar-refractivity contribution is 5.93. The molecule has 1 fully saturated rings. The van der Waals surface area contributed by atoms with Crippen molar-refractivity contribution < 1.29 is 27.9 Å². The minimum atomic E-state index is -4.37. The molecule has 1 aliphatic rings. The molecule has 132 valence electrons. The van der Waals surface area contributed by atoms with Crippen molar-refractivity contribution in [1.82, 2.24) is 0 Å². The van der Waals surface area contributed by atoms with Crippen LogP contribution in [0, 0.1) is 11.8 Å². The van der Waals surface area contributed by atoms with Crippen LogP contribution in [0.3, 0.4) is 0 Å². The van der Waals surface area contributed by atoms with Crippen LogP contribution < -0.4 is 5.32 Å². The Hall–Kier alpha value is -2.05. The Kier molecular flexibility index (Phi) is 5.51. The Morgan fingerprint density at radius 1 is 1.17 bits per heavy atom. The number of carbonyl (C=O) groups is 2. The molecule has 1 amide bonds. The third-order valence-corrected chi connectivity index (χ3v) is 4.57. The van der Waals surface area contributed by atoms with Gasteiger partial charge in [0.15, 0.2) is 0 Å². The predicted octanol–water partition coefficient (Wildman–Crippen LogP) is 4.18. The molecule has 1 aromatic carbocycles. The third kappa shape index (κ3) is 4.27. The molecule has 0 bridgehead atoms. The number of alkyl halides is 3. The first-order valence-electron chi connectivity index (χ1n) is 7.90. The highest BCUT2D eigenvalue weighted by Gasteiger charge is 2.48. The first-order chi connectivity index (χ1) is 11.2. The van der Waals surface area contributed by atoms with Gasteiger partial charge in [0.2, 0.25) is 5.91 Å². The monoisotopic (exact) mass is 343 g/mol. The Bertz CT molecular complexity index is 598. The van der Waals surface area contributed by atoms with Crippen molar-refractivity contribution in [2.75, 3.05) is 5.32 Å². The number of benzene rings is 1. The zero-order valence-corrected chi connectivity index (χ0v) is 13.3. The maximum absolute atomic E-state index is 13.1. The first kappa shape index (κ1) is 18.3. The number of hydrogen-bond acceptors (Lipinski definition) is 2. The van der Waals surface area contributed by atoms with Gasteiger partial charge in [0, 0.05) is 11.6 Å². The maximum atomic E-state index is 13.1. The van der Waals surface area contributed by atoms with Crippen LogP contribution in [0.4, 0.5) is 18.9 Å². The van der Waals surface area contributed by atoms with Gasteiger partial charge < -0.3 is 10.4 Å². The smallest absolute Gasteiger partial charge is 0.392 e. The highest BCUT2D eigenvalue weighted by Crippen LogP contribution is 2.41. The second kappa shape index (κ2) is 7.23. The van der Waals surface area contributed by atoms with Gasteiger partial charge in [-0.3, -0.25) is 9.59 Å². The molecule has 0 saturated heterocycles. The van der Waals surface area contributed by atoms with Crippen molar-refractivity contribution >= 4 is 17.6 Å². The van der Waals surface area contributed by atoms with Crippen molar-refractivity contribution in [2.45, 2.75) is 44.7 Å². The standard InChI is InChI=1S/C17H20F3NO3/c1-10(16(23)24)11-6-8-12(9-7-11)21-15(22)13-4-2-3-5-14(13)17(18,19)20/h6-10,13-14H,2-5H2,1H3,(H,21,22)(H,23,24). The molecule has 3 atom stereocenters. The number of carboxylic acid groups (broad SMARTS) is 1. The van der Waals surface area contributed by atoms with Crippen LogP contribution in [-0.2, 0) is 9.59 Å². The molecule has 2 N–H and O–H groups in total. The molecule has 3 unspecified atom stereocenters. The van der Waals surface area contributed by atoms with E-state index >= 15 is 0 Å². The Morgan fingerprint density at radius 2 is 1.75 bits per heavy atom. The second-order valence-electron chi connectivity index (χ2n) is 6.21. The van der Waals surface area contributed by atoms with Crippen LogP contribution in [0.5, 0.6) is 0 Å². The van der Waals surface area contributed by atoms with Gasteiger partial charge in [-0.25, -0.2) is 0 Å². The summed E-state index contributed by atoms with van der Waals surface area (Å²) in [5.74, 6) is -4.96. The number of halogens is 3. The molecule has 0 heterocycles. The van der Waals surface area contributed by atoms with Crippen LogP contribution in [0.1, 0.15) is 44.1 Å². The fourth-order valence-electron chi connectivity index (χ4n) is 3.07. The lowest BCUT2D eigenvalue weighted by Crippen LogP contribution is -2.39. The van der Waals surface area contributed by atoms with E-state index in [9.17, 15) is 22.8 Å². The van der Waals surface area contributed by atoms with E-state index in [0.717, 1.165) is 0 Å². The van der Waals surface area contributed by atoms with E-state index in [-0.39, 0.29) is 12.8 Å². The number of rotatable bonds is 4. The van der Waals surface area contributed by atoms with Crippen molar-refractivity contribution in [3.63, 3.8) is 0 Å². The van der Waals surface area contributed by atoms with Gasteiger partial charge in [-0.15, -0.1) is 0 Å². The van der Waals surface area contributed by atoms with Gasteiger partial charge >= 0.3 is 12.1 Å². The SMILES string of the molecule is CC(C(=O)O)c1ccc(NC(=O)C2CCCCC2C(F)(F)F)cc1. The fraction of sp³-hybridized carbons (Fsp3) is 0.529. The second-order valence-corrected chi connectivity index (χ2v) is 6.21. The first-order valence-corrected chi connectivity index (χ1v) is 7.90. The molecular formula is C17H20F3NO3. The van der Waals surface area contributed by atoms with Gasteiger partial charge in [-0.2, -0.15) is 13.2 Å². The molecule has 1 aromatic rings. The third-order valence-electron chi connectivity index (χ3n) is 4.57. The number of nitrogens with one attached hydrogen (secondary N) is 1. The Labute approximate surface area is 138 Å². The van der Waals surface area contributed by atoms with E-state index in [1.54, 1.807) is 12.1 Å². The van der Waals surface area contributed by atoms with Crippen LogP contribution in [0.15, 0.2) is 24.3 Å². The summed E-state index contributed by atoms with van der Waals surface area (Å²) >= 11 is 0. The molecule has 7 heteroatoms. The summed E-state index contributed by atoms with van der Waals surface area (Å²) in [4.78, 5) is 23.2. The molecule has 1 saturated carbocycles. The van der Waals surface area contributed by atoms with Crippen molar-refractivity contribution in [3.8, 4) is 0 Å². The number of carboxylic acids is 1. The minimum absolute atomic E-state index is 0.0172. The topological polar surface area (TPSA) is 66.4 Å². The number of anilines is 1. The number of hydrogen-bond donors (Lipinski definition) is 2. The van der Waals surface area contributed by atoms with Gasteiger partial charge in [-0.05, 0) is 37.5 Å². The molecule has 2 rings (SSSR count). The quantitative estimate of drug-likeness (QED) is 0.862. The number of carbonyl (C=O) groups excluding carboxylic acids is 1. The molecule has 0 aliphatic heterocycles. The Balaban J connectivity index is 2.07. The van der Waals surface area contributed by atoms with Gasteiger partial charge in [-0.1, -0.05) is 25.0 Å². The number of amides is 1. The molecule has 4 nitrogen and oxygen atoms in total. The Morgan fingerprint density at radius 3 is 2.29 bits per heavy atom.